The first-order valence-corrected chi connectivity index (χ1v) is 6.86. The third kappa shape index (κ3) is 2.61. The van der Waals surface area contributed by atoms with E-state index in [0.717, 1.165) is 38.2 Å². The number of anilines is 1. The largest absolute Gasteiger partial charge is 0.506 e. The second-order valence-electron chi connectivity index (χ2n) is 5.33. The zero-order valence-electron chi connectivity index (χ0n) is 11.5. The first-order valence-electron chi connectivity index (χ1n) is 6.86. The number of phenolic OH excluding ortho intramolecular Hbond substituents is 1. The van der Waals surface area contributed by atoms with Crippen molar-refractivity contribution in [3.05, 3.63) is 23.8 Å². The molecule has 2 rings (SSSR count). The van der Waals surface area contributed by atoms with Crippen molar-refractivity contribution in [2.24, 2.45) is 5.41 Å². The lowest BCUT2D eigenvalue weighted by Gasteiger charge is -2.26. The van der Waals surface area contributed by atoms with Gasteiger partial charge in [0.15, 0.2) is 0 Å². The number of phenols is 1. The number of hydrogen-bond donors (Lipinski definition) is 3. The topological polar surface area (TPSA) is 86.6 Å². The molecule has 1 aromatic carbocycles. The highest BCUT2D eigenvalue weighted by Crippen LogP contribution is 2.42. The molecule has 0 atom stereocenters. The van der Waals surface area contributed by atoms with Crippen LogP contribution in [-0.2, 0) is 4.79 Å². The lowest BCUT2D eigenvalue weighted by molar-refractivity contribution is -0.125. The smallest absolute Gasteiger partial charge is 0.335 e. The van der Waals surface area contributed by atoms with Crippen LogP contribution in [0.2, 0.25) is 0 Å². The fourth-order valence-electron chi connectivity index (χ4n) is 2.82. The number of benzene rings is 1. The minimum atomic E-state index is -1.11. The van der Waals surface area contributed by atoms with Crippen LogP contribution in [-0.4, -0.2) is 22.1 Å². The van der Waals surface area contributed by atoms with E-state index in [1.54, 1.807) is 0 Å². The van der Waals surface area contributed by atoms with Gasteiger partial charge in [-0.15, -0.1) is 0 Å². The number of nitrogens with one attached hydrogen (secondary N) is 1. The second-order valence-corrected chi connectivity index (χ2v) is 5.33. The molecule has 5 heteroatoms. The van der Waals surface area contributed by atoms with E-state index in [4.69, 9.17) is 5.11 Å². The van der Waals surface area contributed by atoms with Crippen molar-refractivity contribution >= 4 is 17.6 Å². The Bertz CT molecular complexity index is 533. The van der Waals surface area contributed by atoms with Gasteiger partial charge in [0.1, 0.15) is 5.75 Å². The van der Waals surface area contributed by atoms with Crippen molar-refractivity contribution in [1.82, 2.24) is 0 Å². The van der Waals surface area contributed by atoms with Crippen molar-refractivity contribution in [3.63, 3.8) is 0 Å². The van der Waals surface area contributed by atoms with Crippen molar-refractivity contribution < 1.29 is 19.8 Å². The highest BCUT2D eigenvalue weighted by atomic mass is 16.4. The number of hydrogen-bond acceptors (Lipinski definition) is 3. The molecule has 1 aliphatic carbocycles. The van der Waals surface area contributed by atoms with Gasteiger partial charge >= 0.3 is 5.97 Å². The van der Waals surface area contributed by atoms with E-state index in [0.29, 0.717) is 0 Å². The predicted molar refractivity (Wildman–Crippen MR) is 74.9 cm³/mol. The van der Waals surface area contributed by atoms with Gasteiger partial charge in [0.05, 0.1) is 11.3 Å². The summed E-state index contributed by atoms with van der Waals surface area (Å²) in [6.07, 6.45) is 4.59. The molecule has 1 amide bonds. The van der Waals surface area contributed by atoms with Crippen LogP contribution in [0.15, 0.2) is 18.2 Å². The van der Waals surface area contributed by atoms with Crippen LogP contribution in [0, 0.1) is 5.41 Å². The third-order valence-electron chi connectivity index (χ3n) is 4.21. The molecular weight excluding hydrogens is 258 g/mol. The molecule has 1 fully saturated rings. The molecular formula is C15H19NO4. The maximum atomic E-state index is 12.4. The van der Waals surface area contributed by atoms with E-state index >= 15 is 0 Å². The lowest BCUT2D eigenvalue weighted by Crippen LogP contribution is -2.33. The maximum absolute atomic E-state index is 12.4. The molecule has 0 aromatic heterocycles. The number of carboxylic acids is 1. The highest BCUT2D eigenvalue weighted by molar-refractivity contribution is 5.97. The zero-order chi connectivity index (χ0) is 14.8. The van der Waals surface area contributed by atoms with Crippen LogP contribution in [0.4, 0.5) is 5.69 Å². The number of carbonyl (C=O) groups is 2. The van der Waals surface area contributed by atoms with Gasteiger partial charge in [0.2, 0.25) is 5.91 Å². The Morgan fingerprint density at radius 2 is 1.95 bits per heavy atom. The summed E-state index contributed by atoms with van der Waals surface area (Å²) in [5.41, 5.74) is -0.0935. The predicted octanol–water partition coefficient (Wildman–Crippen LogP) is 3.00. The Balaban J connectivity index is 2.17. The molecule has 0 heterocycles. The van der Waals surface area contributed by atoms with Crippen LogP contribution >= 0.6 is 0 Å². The van der Waals surface area contributed by atoms with Crippen LogP contribution in [0.3, 0.4) is 0 Å². The van der Waals surface area contributed by atoms with Gasteiger partial charge in [-0.1, -0.05) is 19.8 Å². The van der Waals surface area contributed by atoms with E-state index in [9.17, 15) is 14.7 Å². The first kappa shape index (κ1) is 14.4. The molecule has 0 aliphatic heterocycles. The summed E-state index contributed by atoms with van der Waals surface area (Å²) in [5.74, 6) is -1.42. The monoisotopic (exact) mass is 277 g/mol. The Labute approximate surface area is 117 Å². The van der Waals surface area contributed by atoms with E-state index in [2.05, 4.69) is 5.32 Å². The highest BCUT2D eigenvalue weighted by Gasteiger charge is 2.39. The minimum Gasteiger partial charge on any atom is -0.506 e. The molecule has 0 bridgehead atoms. The molecule has 0 spiro atoms. The zero-order valence-corrected chi connectivity index (χ0v) is 11.5. The second kappa shape index (κ2) is 5.53. The quantitative estimate of drug-likeness (QED) is 0.738. The number of aromatic carboxylic acids is 1. The minimum absolute atomic E-state index is 0.00781. The van der Waals surface area contributed by atoms with Crippen LogP contribution in [0.1, 0.15) is 49.4 Å². The van der Waals surface area contributed by atoms with Crippen molar-refractivity contribution in [2.45, 2.75) is 39.0 Å². The van der Waals surface area contributed by atoms with Crippen LogP contribution in [0.5, 0.6) is 5.75 Å². The van der Waals surface area contributed by atoms with Crippen molar-refractivity contribution in [1.29, 1.82) is 0 Å². The fraction of sp³-hybridized carbons (Fsp3) is 0.467. The van der Waals surface area contributed by atoms with Gasteiger partial charge in [-0.3, -0.25) is 4.79 Å². The number of amides is 1. The number of rotatable bonds is 4. The van der Waals surface area contributed by atoms with E-state index < -0.39 is 5.97 Å². The average Bonchev–Trinajstić information content (AvgIpc) is 2.90. The first-order chi connectivity index (χ1) is 9.48. The molecule has 0 saturated heterocycles. The number of carboxylic acid groups (broad SMARTS) is 1. The van der Waals surface area contributed by atoms with E-state index in [-0.39, 0.29) is 28.3 Å². The fourth-order valence-corrected chi connectivity index (χ4v) is 2.82. The summed E-state index contributed by atoms with van der Waals surface area (Å²) < 4.78 is 0. The summed E-state index contributed by atoms with van der Waals surface area (Å²) in [6, 6.07) is 3.94. The summed E-state index contributed by atoms with van der Waals surface area (Å²) in [4.78, 5) is 23.2. The molecule has 0 unspecified atom stereocenters. The normalized spacial score (nSPS) is 16.9. The van der Waals surface area contributed by atoms with Gasteiger partial charge in [-0.25, -0.2) is 4.79 Å². The lowest BCUT2D eigenvalue weighted by atomic mass is 9.82. The molecule has 3 N–H and O–H groups in total. The summed E-state index contributed by atoms with van der Waals surface area (Å²) >= 11 is 0. The molecule has 0 radical (unpaired) electrons. The average molecular weight is 277 g/mol. The third-order valence-corrected chi connectivity index (χ3v) is 4.21. The standard InChI is InChI=1S/C15H19NO4/c1-2-15(7-3-4-8-15)14(20)16-11-6-5-10(13(18)19)9-12(11)17/h5-6,9,17H,2-4,7-8H2,1H3,(H,16,20)(H,18,19). The Hall–Kier alpha value is -2.04. The van der Waals surface area contributed by atoms with Crippen molar-refractivity contribution in [2.75, 3.05) is 5.32 Å². The summed E-state index contributed by atoms with van der Waals surface area (Å²) in [7, 11) is 0. The van der Waals surface area contributed by atoms with Gasteiger partial charge < -0.3 is 15.5 Å². The maximum Gasteiger partial charge on any atom is 0.335 e. The van der Waals surface area contributed by atoms with Gasteiger partial charge in [-0.05, 0) is 37.5 Å². The number of aromatic hydroxyl groups is 1. The van der Waals surface area contributed by atoms with Crippen LogP contribution in [0.25, 0.3) is 0 Å². The molecule has 20 heavy (non-hydrogen) atoms. The molecule has 1 saturated carbocycles. The Kier molecular flexibility index (Phi) is 3.97. The molecule has 1 aromatic rings. The van der Waals surface area contributed by atoms with Crippen molar-refractivity contribution in [3.8, 4) is 5.75 Å². The SMILES string of the molecule is CCC1(C(=O)Nc2ccc(C(=O)O)cc2O)CCCC1. The Morgan fingerprint density at radius 1 is 1.30 bits per heavy atom. The molecule has 5 nitrogen and oxygen atoms in total. The Morgan fingerprint density at radius 3 is 2.45 bits per heavy atom. The summed E-state index contributed by atoms with van der Waals surface area (Å²) in [6.45, 7) is 2.00. The summed E-state index contributed by atoms with van der Waals surface area (Å²) in [5, 5.41) is 21.4. The molecule has 108 valence electrons. The molecule has 1 aliphatic rings. The van der Waals surface area contributed by atoms with Gasteiger partial charge in [-0.2, -0.15) is 0 Å². The van der Waals surface area contributed by atoms with Crippen LogP contribution < -0.4 is 5.32 Å². The van der Waals surface area contributed by atoms with E-state index in [1.807, 2.05) is 6.92 Å². The van der Waals surface area contributed by atoms with Gasteiger partial charge in [0, 0.05) is 5.41 Å². The van der Waals surface area contributed by atoms with E-state index in [1.165, 1.54) is 12.1 Å². The number of carbonyl (C=O) groups excluding carboxylic acids is 1. The van der Waals surface area contributed by atoms with Gasteiger partial charge in [0.25, 0.3) is 0 Å².